The summed E-state index contributed by atoms with van der Waals surface area (Å²) < 4.78 is 0. The van der Waals surface area contributed by atoms with Crippen molar-refractivity contribution in [2.45, 2.75) is 27.2 Å². The molecule has 0 spiro atoms. The van der Waals surface area contributed by atoms with Crippen molar-refractivity contribution in [3.63, 3.8) is 0 Å². The summed E-state index contributed by atoms with van der Waals surface area (Å²) >= 11 is 0. The predicted octanol–water partition coefficient (Wildman–Crippen LogP) is 2.53. The highest BCUT2D eigenvalue weighted by molar-refractivity contribution is 5.94. The number of piperazine rings is 1. The monoisotopic (exact) mass is 351 g/mol. The summed E-state index contributed by atoms with van der Waals surface area (Å²) in [5.41, 5.74) is 5.36. The smallest absolute Gasteiger partial charge is 0.254 e. The van der Waals surface area contributed by atoms with Crippen LogP contribution in [-0.2, 0) is 11.2 Å². The van der Waals surface area contributed by atoms with Gasteiger partial charge in [0.05, 0.1) is 6.42 Å². The molecule has 0 saturated carbocycles. The van der Waals surface area contributed by atoms with E-state index < -0.39 is 0 Å². The fourth-order valence-corrected chi connectivity index (χ4v) is 3.32. The van der Waals surface area contributed by atoms with Gasteiger partial charge in [-0.2, -0.15) is 0 Å². The normalized spacial score (nSPS) is 14.4. The first-order chi connectivity index (χ1) is 12.5. The molecule has 2 amide bonds. The molecule has 1 aromatic heterocycles. The van der Waals surface area contributed by atoms with E-state index in [1.165, 1.54) is 11.1 Å². The Hall–Kier alpha value is -2.69. The molecule has 5 nitrogen and oxygen atoms in total. The molecule has 5 heteroatoms. The largest absolute Gasteiger partial charge is 0.339 e. The number of pyridine rings is 1. The first-order valence-electron chi connectivity index (χ1n) is 8.99. The predicted molar refractivity (Wildman–Crippen MR) is 101 cm³/mol. The average Bonchev–Trinajstić information content (AvgIpc) is 2.66. The number of carbonyl (C=O) groups is 2. The molecule has 0 radical (unpaired) electrons. The van der Waals surface area contributed by atoms with Crippen molar-refractivity contribution in [1.29, 1.82) is 0 Å². The van der Waals surface area contributed by atoms with Gasteiger partial charge in [-0.15, -0.1) is 0 Å². The van der Waals surface area contributed by atoms with Crippen LogP contribution >= 0.6 is 0 Å². The minimum atomic E-state index is 0.00417. The van der Waals surface area contributed by atoms with Gasteiger partial charge in [-0.1, -0.05) is 12.1 Å². The van der Waals surface area contributed by atoms with Crippen molar-refractivity contribution >= 4 is 11.8 Å². The molecule has 1 aliphatic rings. The lowest BCUT2D eigenvalue weighted by Crippen LogP contribution is -2.51. The number of nitrogens with zero attached hydrogens (tertiary/aromatic N) is 3. The quantitative estimate of drug-likeness (QED) is 0.854. The van der Waals surface area contributed by atoms with E-state index in [1.807, 2.05) is 4.90 Å². The Balaban J connectivity index is 1.59. The molecule has 0 atom stereocenters. The molecule has 1 fully saturated rings. The third-order valence-electron chi connectivity index (χ3n) is 5.14. The van der Waals surface area contributed by atoms with Crippen molar-refractivity contribution in [2.24, 2.45) is 0 Å². The summed E-state index contributed by atoms with van der Waals surface area (Å²) in [6.45, 7) is 8.52. The Labute approximate surface area is 154 Å². The van der Waals surface area contributed by atoms with E-state index in [9.17, 15) is 9.59 Å². The van der Waals surface area contributed by atoms with Crippen LogP contribution in [-0.4, -0.2) is 52.8 Å². The second-order valence-corrected chi connectivity index (χ2v) is 6.95. The average molecular weight is 351 g/mol. The van der Waals surface area contributed by atoms with Crippen molar-refractivity contribution in [1.82, 2.24) is 14.8 Å². The molecule has 2 heterocycles. The van der Waals surface area contributed by atoms with Crippen molar-refractivity contribution in [3.05, 3.63) is 64.5 Å². The van der Waals surface area contributed by atoms with E-state index in [1.54, 1.807) is 29.4 Å². The van der Waals surface area contributed by atoms with Gasteiger partial charge in [0.1, 0.15) is 0 Å². The number of benzene rings is 1. The summed E-state index contributed by atoms with van der Waals surface area (Å²) in [5, 5.41) is 0. The third kappa shape index (κ3) is 3.93. The lowest BCUT2D eigenvalue weighted by Gasteiger charge is -2.35. The van der Waals surface area contributed by atoms with E-state index in [-0.39, 0.29) is 11.8 Å². The Bertz CT molecular complexity index is 810. The van der Waals surface area contributed by atoms with Crippen molar-refractivity contribution in [2.75, 3.05) is 26.2 Å². The Kier molecular flexibility index (Phi) is 5.35. The molecule has 0 unspecified atom stereocenters. The van der Waals surface area contributed by atoms with Crippen LogP contribution in [0.25, 0.3) is 0 Å². The summed E-state index contributed by atoms with van der Waals surface area (Å²) in [5.74, 6) is 0.136. The van der Waals surface area contributed by atoms with Crippen LogP contribution in [0.4, 0.5) is 0 Å². The molecule has 26 heavy (non-hydrogen) atoms. The molecular formula is C21H25N3O2. The Morgan fingerprint density at radius 1 is 0.885 bits per heavy atom. The number of aromatic nitrogens is 1. The summed E-state index contributed by atoms with van der Waals surface area (Å²) in [6.07, 6.45) is 3.67. The number of rotatable bonds is 3. The van der Waals surface area contributed by atoms with Gasteiger partial charge in [-0.3, -0.25) is 14.6 Å². The molecule has 0 N–H and O–H groups in total. The Morgan fingerprint density at radius 2 is 1.46 bits per heavy atom. The molecule has 136 valence electrons. The van der Waals surface area contributed by atoms with Gasteiger partial charge in [0.2, 0.25) is 5.91 Å². The fraction of sp³-hybridized carbons (Fsp3) is 0.381. The van der Waals surface area contributed by atoms with E-state index >= 15 is 0 Å². The van der Waals surface area contributed by atoms with E-state index in [2.05, 4.69) is 37.9 Å². The van der Waals surface area contributed by atoms with Gasteiger partial charge in [0.15, 0.2) is 0 Å². The summed E-state index contributed by atoms with van der Waals surface area (Å²) in [4.78, 5) is 32.8. The van der Waals surface area contributed by atoms with Crippen LogP contribution in [0.2, 0.25) is 0 Å². The molecule has 1 aromatic carbocycles. The topological polar surface area (TPSA) is 53.5 Å². The molecule has 0 aliphatic carbocycles. The van der Waals surface area contributed by atoms with Crippen LogP contribution in [0.5, 0.6) is 0 Å². The van der Waals surface area contributed by atoms with Crippen LogP contribution in [0.15, 0.2) is 36.7 Å². The highest BCUT2D eigenvalue weighted by Crippen LogP contribution is 2.17. The van der Waals surface area contributed by atoms with E-state index in [0.29, 0.717) is 38.2 Å². The number of carbonyl (C=O) groups excluding carboxylic acids is 2. The van der Waals surface area contributed by atoms with Crippen molar-refractivity contribution < 1.29 is 9.59 Å². The zero-order valence-electron chi connectivity index (χ0n) is 15.7. The standard InChI is InChI=1S/C21H25N3O2/c1-15-12-17(3)19(13-16(15)2)14-20(25)23-8-10-24(11-9-23)21(26)18-4-6-22-7-5-18/h4-7,12-13H,8-11,14H2,1-3H3. The zero-order chi connectivity index (χ0) is 18.7. The minimum absolute atomic E-state index is 0.00417. The second-order valence-electron chi connectivity index (χ2n) is 6.95. The molecular weight excluding hydrogens is 326 g/mol. The number of amides is 2. The third-order valence-corrected chi connectivity index (χ3v) is 5.14. The van der Waals surface area contributed by atoms with Gasteiger partial charge in [-0.25, -0.2) is 0 Å². The first kappa shape index (κ1) is 18.1. The van der Waals surface area contributed by atoms with Gasteiger partial charge in [0.25, 0.3) is 5.91 Å². The Morgan fingerprint density at radius 3 is 2.12 bits per heavy atom. The maximum Gasteiger partial charge on any atom is 0.254 e. The molecule has 2 aromatic rings. The molecule has 1 saturated heterocycles. The lowest BCUT2D eigenvalue weighted by molar-refractivity contribution is -0.131. The highest BCUT2D eigenvalue weighted by Gasteiger charge is 2.25. The minimum Gasteiger partial charge on any atom is -0.339 e. The van der Waals surface area contributed by atoms with Crippen LogP contribution in [0.1, 0.15) is 32.6 Å². The molecule has 3 rings (SSSR count). The van der Waals surface area contributed by atoms with Gasteiger partial charge >= 0.3 is 0 Å². The van der Waals surface area contributed by atoms with Gasteiger partial charge in [-0.05, 0) is 55.2 Å². The van der Waals surface area contributed by atoms with Crippen LogP contribution < -0.4 is 0 Å². The molecule has 1 aliphatic heterocycles. The highest BCUT2D eigenvalue weighted by atomic mass is 16.2. The zero-order valence-corrected chi connectivity index (χ0v) is 15.7. The van der Waals surface area contributed by atoms with Crippen LogP contribution in [0, 0.1) is 20.8 Å². The fourth-order valence-electron chi connectivity index (χ4n) is 3.32. The molecule has 0 bridgehead atoms. The SMILES string of the molecule is Cc1cc(C)c(CC(=O)N2CCN(C(=O)c3ccncc3)CC2)cc1C. The maximum absolute atomic E-state index is 12.7. The summed E-state index contributed by atoms with van der Waals surface area (Å²) in [7, 11) is 0. The summed E-state index contributed by atoms with van der Waals surface area (Å²) in [6, 6.07) is 7.71. The van der Waals surface area contributed by atoms with E-state index in [0.717, 1.165) is 11.1 Å². The van der Waals surface area contributed by atoms with Gasteiger partial charge < -0.3 is 9.80 Å². The lowest BCUT2D eigenvalue weighted by atomic mass is 9.98. The van der Waals surface area contributed by atoms with Gasteiger partial charge in [0, 0.05) is 44.1 Å². The number of hydrogen-bond acceptors (Lipinski definition) is 3. The number of hydrogen-bond donors (Lipinski definition) is 0. The van der Waals surface area contributed by atoms with E-state index in [4.69, 9.17) is 0 Å². The second kappa shape index (κ2) is 7.68. The number of aryl methyl sites for hydroxylation is 3. The van der Waals surface area contributed by atoms with Crippen molar-refractivity contribution in [3.8, 4) is 0 Å². The first-order valence-corrected chi connectivity index (χ1v) is 8.99. The van der Waals surface area contributed by atoms with Crippen LogP contribution in [0.3, 0.4) is 0 Å². The maximum atomic E-state index is 12.7.